The van der Waals surface area contributed by atoms with E-state index in [2.05, 4.69) is 16.8 Å². The highest BCUT2D eigenvalue weighted by Crippen LogP contribution is 2.28. The summed E-state index contributed by atoms with van der Waals surface area (Å²) in [6, 6.07) is 4.60. The fraction of sp³-hybridized carbons (Fsp3) is 0.615. The maximum atomic E-state index is 5.78. The summed E-state index contributed by atoms with van der Waals surface area (Å²) in [4.78, 5) is 6.55. The molecule has 1 fully saturated rings. The maximum absolute atomic E-state index is 5.78. The van der Waals surface area contributed by atoms with Crippen LogP contribution in [0.1, 0.15) is 19.8 Å². The number of pyridine rings is 1. The first kappa shape index (κ1) is 12.2. The van der Waals surface area contributed by atoms with Gasteiger partial charge in [-0.2, -0.15) is 0 Å². The Morgan fingerprint density at radius 3 is 3.06 bits per heavy atom. The molecule has 4 nitrogen and oxygen atoms in total. The Hall–Kier alpha value is -1.29. The van der Waals surface area contributed by atoms with Crippen molar-refractivity contribution in [1.82, 2.24) is 4.98 Å². The minimum absolute atomic E-state index is 0.560. The van der Waals surface area contributed by atoms with Crippen molar-refractivity contribution in [2.24, 2.45) is 11.7 Å². The van der Waals surface area contributed by atoms with Gasteiger partial charge in [-0.05, 0) is 38.3 Å². The Morgan fingerprint density at radius 2 is 2.35 bits per heavy atom. The first-order valence-corrected chi connectivity index (χ1v) is 6.21. The monoisotopic (exact) mass is 235 g/mol. The number of piperidine rings is 1. The number of hydrogen-bond acceptors (Lipinski definition) is 4. The van der Waals surface area contributed by atoms with Crippen LogP contribution in [0.2, 0.25) is 0 Å². The molecule has 2 unspecified atom stereocenters. The second-order valence-electron chi connectivity index (χ2n) is 4.74. The normalized spacial score (nSPS) is 24.8. The highest BCUT2D eigenvalue weighted by Gasteiger charge is 2.24. The van der Waals surface area contributed by atoms with E-state index in [1.165, 1.54) is 18.5 Å². The fourth-order valence-corrected chi connectivity index (χ4v) is 2.42. The van der Waals surface area contributed by atoms with E-state index in [4.69, 9.17) is 10.5 Å². The molecule has 0 saturated carbocycles. The van der Waals surface area contributed by atoms with Gasteiger partial charge in [-0.15, -0.1) is 0 Å². The Kier molecular flexibility index (Phi) is 3.84. The highest BCUT2D eigenvalue weighted by molar-refractivity contribution is 5.49. The summed E-state index contributed by atoms with van der Waals surface area (Å²) in [6.45, 7) is 4.07. The number of aromatic nitrogens is 1. The van der Waals surface area contributed by atoms with Crippen LogP contribution >= 0.6 is 0 Å². The van der Waals surface area contributed by atoms with E-state index >= 15 is 0 Å². The van der Waals surface area contributed by atoms with Crippen LogP contribution in [-0.2, 0) is 0 Å². The second kappa shape index (κ2) is 5.36. The van der Waals surface area contributed by atoms with E-state index < -0.39 is 0 Å². The first-order chi connectivity index (χ1) is 8.24. The van der Waals surface area contributed by atoms with E-state index in [1.807, 2.05) is 12.1 Å². The number of methoxy groups -OCH3 is 1. The smallest absolute Gasteiger partial charge is 0.214 e. The predicted molar refractivity (Wildman–Crippen MR) is 69.4 cm³/mol. The molecular formula is C13H21N3O. The average Bonchev–Trinajstić information content (AvgIpc) is 2.39. The molecule has 2 heterocycles. The lowest BCUT2D eigenvalue weighted by atomic mass is 9.93. The standard InChI is InChI=1S/C13H21N3O/c1-10-3-4-11(8-14)9-16(10)12-5-6-15-13(7-12)17-2/h5-7,10-11H,3-4,8-9,14H2,1-2H3. The molecule has 0 aromatic carbocycles. The van der Waals surface area contributed by atoms with Crippen molar-refractivity contribution in [1.29, 1.82) is 0 Å². The van der Waals surface area contributed by atoms with Crippen LogP contribution in [0.3, 0.4) is 0 Å². The largest absolute Gasteiger partial charge is 0.481 e. The van der Waals surface area contributed by atoms with Gasteiger partial charge in [0, 0.05) is 30.5 Å². The van der Waals surface area contributed by atoms with Crippen molar-refractivity contribution in [2.45, 2.75) is 25.8 Å². The molecule has 2 N–H and O–H groups in total. The van der Waals surface area contributed by atoms with Crippen molar-refractivity contribution in [3.8, 4) is 5.88 Å². The predicted octanol–water partition coefficient (Wildman–Crippen LogP) is 1.65. The average molecular weight is 235 g/mol. The van der Waals surface area contributed by atoms with Gasteiger partial charge >= 0.3 is 0 Å². The topological polar surface area (TPSA) is 51.4 Å². The molecular weight excluding hydrogens is 214 g/mol. The van der Waals surface area contributed by atoms with Gasteiger partial charge in [0.25, 0.3) is 0 Å². The van der Waals surface area contributed by atoms with Crippen LogP contribution in [0, 0.1) is 5.92 Å². The number of hydrogen-bond donors (Lipinski definition) is 1. The van der Waals surface area contributed by atoms with Gasteiger partial charge in [0.05, 0.1) is 7.11 Å². The third kappa shape index (κ3) is 2.69. The lowest BCUT2D eigenvalue weighted by Crippen LogP contribution is -2.43. The zero-order valence-corrected chi connectivity index (χ0v) is 10.6. The third-order valence-electron chi connectivity index (χ3n) is 3.57. The molecule has 2 atom stereocenters. The van der Waals surface area contributed by atoms with Crippen LogP contribution in [0.25, 0.3) is 0 Å². The summed E-state index contributed by atoms with van der Waals surface area (Å²) in [5.41, 5.74) is 6.96. The SMILES string of the molecule is COc1cc(N2CC(CN)CCC2C)ccn1. The molecule has 1 aromatic rings. The summed E-state index contributed by atoms with van der Waals surface area (Å²) < 4.78 is 5.17. The van der Waals surface area contributed by atoms with Crippen LogP contribution < -0.4 is 15.4 Å². The molecule has 0 bridgehead atoms. The Bertz CT molecular complexity index is 369. The molecule has 2 rings (SSSR count). The van der Waals surface area contributed by atoms with E-state index in [0.29, 0.717) is 17.8 Å². The van der Waals surface area contributed by atoms with Gasteiger partial charge in [0.15, 0.2) is 0 Å². The summed E-state index contributed by atoms with van der Waals surface area (Å²) in [5, 5.41) is 0. The minimum Gasteiger partial charge on any atom is -0.481 e. The first-order valence-electron chi connectivity index (χ1n) is 6.21. The van der Waals surface area contributed by atoms with Crippen molar-refractivity contribution >= 4 is 5.69 Å². The Labute approximate surface area is 103 Å². The highest BCUT2D eigenvalue weighted by atomic mass is 16.5. The zero-order chi connectivity index (χ0) is 12.3. The quantitative estimate of drug-likeness (QED) is 0.865. The van der Waals surface area contributed by atoms with Gasteiger partial charge in [-0.25, -0.2) is 4.98 Å². The van der Waals surface area contributed by atoms with E-state index in [0.717, 1.165) is 13.1 Å². The number of rotatable bonds is 3. The summed E-state index contributed by atoms with van der Waals surface area (Å²) in [7, 11) is 1.65. The van der Waals surface area contributed by atoms with Crippen LogP contribution in [-0.4, -0.2) is 31.2 Å². The number of ether oxygens (including phenoxy) is 1. The fourth-order valence-electron chi connectivity index (χ4n) is 2.42. The summed E-state index contributed by atoms with van der Waals surface area (Å²) in [5.74, 6) is 1.27. The molecule has 94 valence electrons. The molecule has 1 saturated heterocycles. The molecule has 0 aliphatic carbocycles. The molecule has 0 spiro atoms. The van der Waals surface area contributed by atoms with Crippen LogP contribution in [0.4, 0.5) is 5.69 Å². The van der Waals surface area contributed by atoms with Gasteiger partial charge in [-0.1, -0.05) is 0 Å². The minimum atomic E-state index is 0.560. The summed E-state index contributed by atoms with van der Waals surface area (Å²) >= 11 is 0. The molecule has 1 aromatic heterocycles. The molecule has 0 amide bonds. The molecule has 1 aliphatic rings. The van der Waals surface area contributed by atoms with Crippen molar-refractivity contribution in [3.05, 3.63) is 18.3 Å². The van der Waals surface area contributed by atoms with E-state index in [9.17, 15) is 0 Å². The Balaban J connectivity index is 2.18. The number of nitrogens with zero attached hydrogens (tertiary/aromatic N) is 2. The van der Waals surface area contributed by atoms with Crippen molar-refractivity contribution in [3.63, 3.8) is 0 Å². The van der Waals surface area contributed by atoms with Crippen LogP contribution in [0.15, 0.2) is 18.3 Å². The van der Waals surface area contributed by atoms with E-state index in [-0.39, 0.29) is 0 Å². The van der Waals surface area contributed by atoms with Crippen molar-refractivity contribution in [2.75, 3.05) is 25.1 Å². The van der Waals surface area contributed by atoms with E-state index in [1.54, 1.807) is 13.3 Å². The summed E-state index contributed by atoms with van der Waals surface area (Å²) in [6.07, 6.45) is 4.23. The zero-order valence-electron chi connectivity index (χ0n) is 10.6. The van der Waals surface area contributed by atoms with Gasteiger partial charge in [0.2, 0.25) is 5.88 Å². The lowest BCUT2D eigenvalue weighted by molar-refractivity contribution is 0.371. The molecule has 17 heavy (non-hydrogen) atoms. The second-order valence-corrected chi connectivity index (χ2v) is 4.74. The van der Waals surface area contributed by atoms with Crippen LogP contribution in [0.5, 0.6) is 5.88 Å². The molecule has 0 radical (unpaired) electrons. The van der Waals surface area contributed by atoms with Crippen molar-refractivity contribution < 1.29 is 4.74 Å². The van der Waals surface area contributed by atoms with Gasteiger partial charge in [0.1, 0.15) is 0 Å². The number of nitrogens with two attached hydrogens (primary N) is 1. The Morgan fingerprint density at radius 1 is 1.53 bits per heavy atom. The number of anilines is 1. The lowest BCUT2D eigenvalue weighted by Gasteiger charge is -2.39. The molecule has 4 heteroatoms. The van der Waals surface area contributed by atoms with Gasteiger partial charge in [-0.3, -0.25) is 0 Å². The molecule has 1 aliphatic heterocycles. The van der Waals surface area contributed by atoms with Gasteiger partial charge < -0.3 is 15.4 Å². The maximum Gasteiger partial charge on any atom is 0.214 e. The third-order valence-corrected chi connectivity index (χ3v) is 3.57.